The molecule has 7 heteroatoms. The minimum Gasteiger partial charge on any atom is -0.352 e. The van der Waals surface area contributed by atoms with E-state index in [0.29, 0.717) is 37.1 Å². The molecule has 1 aliphatic carbocycles. The number of benzene rings is 1. The van der Waals surface area contributed by atoms with Gasteiger partial charge in [-0.2, -0.15) is 4.31 Å². The Morgan fingerprint density at radius 3 is 2.33 bits per heavy atom. The van der Waals surface area contributed by atoms with Crippen molar-refractivity contribution in [2.45, 2.75) is 63.4 Å². The lowest BCUT2D eigenvalue weighted by Gasteiger charge is -2.37. The smallest absolute Gasteiger partial charge is 0.243 e. The summed E-state index contributed by atoms with van der Waals surface area (Å²) in [6.45, 7) is 7.69. The van der Waals surface area contributed by atoms with Crippen LogP contribution in [0.5, 0.6) is 0 Å². The van der Waals surface area contributed by atoms with Gasteiger partial charge in [0.15, 0.2) is 0 Å². The maximum Gasteiger partial charge on any atom is 0.243 e. The van der Waals surface area contributed by atoms with Gasteiger partial charge in [-0.15, -0.1) is 0 Å². The highest BCUT2D eigenvalue weighted by atomic mass is 32.2. The number of carbonyl (C=O) groups excluding carboxylic acids is 1. The third kappa shape index (κ3) is 4.52. The molecule has 1 atom stereocenters. The molecule has 0 aromatic heterocycles. The van der Waals surface area contributed by atoms with Crippen LogP contribution in [0.25, 0.3) is 0 Å². The molecule has 1 saturated heterocycles. The minimum atomic E-state index is -3.49. The number of amides is 1. The van der Waals surface area contributed by atoms with Crippen molar-refractivity contribution in [2.75, 3.05) is 26.2 Å². The summed E-state index contributed by atoms with van der Waals surface area (Å²) in [5.41, 5.74) is 1.83. The normalized spacial score (nSPS) is 21.3. The van der Waals surface area contributed by atoms with Crippen LogP contribution in [0.2, 0.25) is 0 Å². The van der Waals surface area contributed by atoms with Crippen molar-refractivity contribution in [3.05, 3.63) is 29.3 Å². The fraction of sp³-hybridized carbons (Fsp3) is 0.650. The third-order valence-electron chi connectivity index (χ3n) is 5.85. The summed E-state index contributed by atoms with van der Waals surface area (Å²) in [5.74, 6) is 0.0626. The van der Waals surface area contributed by atoms with Gasteiger partial charge >= 0.3 is 0 Å². The Morgan fingerprint density at radius 2 is 1.74 bits per heavy atom. The van der Waals surface area contributed by atoms with E-state index in [1.807, 2.05) is 32.9 Å². The van der Waals surface area contributed by atoms with Gasteiger partial charge in [-0.3, -0.25) is 9.69 Å². The Balaban J connectivity index is 1.59. The molecule has 1 heterocycles. The van der Waals surface area contributed by atoms with Crippen molar-refractivity contribution in [3.8, 4) is 0 Å². The maximum absolute atomic E-state index is 13.0. The molecule has 1 aliphatic heterocycles. The average Bonchev–Trinajstić information content (AvgIpc) is 3.14. The molecule has 1 aromatic carbocycles. The fourth-order valence-electron chi connectivity index (χ4n) is 4.12. The van der Waals surface area contributed by atoms with Gasteiger partial charge in [0.2, 0.25) is 15.9 Å². The lowest BCUT2D eigenvalue weighted by molar-refractivity contribution is -0.127. The molecule has 1 amide bonds. The number of nitrogens with zero attached hydrogens (tertiary/aromatic N) is 2. The van der Waals surface area contributed by atoms with Gasteiger partial charge in [0.05, 0.1) is 10.9 Å². The number of piperazine rings is 1. The number of hydrogen-bond donors (Lipinski definition) is 1. The van der Waals surface area contributed by atoms with Crippen molar-refractivity contribution >= 4 is 15.9 Å². The van der Waals surface area contributed by atoms with E-state index >= 15 is 0 Å². The van der Waals surface area contributed by atoms with Crippen molar-refractivity contribution in [2.24, 2.45) is 0 Å². The SMILES string of the molecule is Cc1ccc(S(=O)(=O)N2CCN([C@H](C)C(=O)NC3CCCC3)CC2)c(C)c1. The van der Waals surface area contributed by atoms with Crippen LogP contribution in [-0.2, 0) is 14.8 Å². The van der Waals surface area contributed by atoms with E-state index in [1.165, 1.54) is 12.8 Å². The number of rotatable bonds is 5. The molecule has 0 unspecified atom stereocenters. The lowest BCUT2D eigenvalue weighted by Crippen LogP contribution is -2.55. The lowest BCUT2D eigenvalue weighted by atomic mass is 10.2. The Labute approximate surface area is 163 Å². The quantitative estimate of drug-likeness (QED) is 0.831. The minimum absolute atomic E-state index is 0.0626. The summed E-state index contributed by atoms with van der Waals surface area (Å²) in [7, 11) is -3.49. The first-order valence-corrected chi connectivity index (χ1v) is 11.3. The van der Waals surface area contributed by atoms with Crippen LogP contribution in [-0.4, -0.2) is 61.8 Å². The third-order valence-corrected chi connectivity index (χ3v) is 7.91. The van der Waals surface area contributed by atoms with Gasteiger partial charge in [0.1, 0.15) is 0 Å². The first kappa shape index (κ1) is 20.3. The Bertz CT molecular complexity index is 780. The zero-order valence-electron chi connectivity index (χ0n) is 16.6. The standard InChI is InChI=1S/C20H31N3O3S/c1-15-8-9-19(16(2)14-15)27(25,26)23-12-10-22(11-13-23)17(3)20(24)21-18-6-4-5-7-18/h8-9,14,17-18H,4-7,10-13H2,1-3H3,(H,21,24)/t17-/m1/s1. The summed E-state index contributed by atoms with van der Waals surface area (Å²) >= 11 is 0. The molecule has 0 radical (unpaired) electrons. The summed E-state index contributed by atoms with van der Waals surface area (Å²) in [5, 5.41) is 3.14. The summed E-state index contributed by atoms with van der Waals surface area (Å²) in [6.07, 6.45) is 4.52. The topological polar surface area (TPSA) is 69.7 Å². The second kappa shape index (κ2) is 8.29. The van der Waals surface area contributed by atoms with Crippen LogP contribution in [0.3, 0.4) is 0 Å². The number of aryl methyl sites for hydroxylation is 2. The van der Waals surface area contributed by atoms with Crippen molar-refractivity contribution in [3.63, 3.8) is 0 Å². The first-order chi connectivity index (χ1) is 12.8. The van der Waals surface area contributed by atoms with E-state index in [1.54, 1.807) is 10.4 Å². The van der Waals surface area contributed by atoms with Crippen LogP contribution in [0.1, 0.15) is 43.7 Å². The van der Waals surface area contributed by atoms with Gasteiger partial charge in [-0.1, -0.05) is 30.5 Å². The van der Waals surface area contributed by atoms with E-state index in [-0.39, 0.29) is 11.9 Å². The second-order valence-electron chi connectivity index (χ2n) is 7.87. The molecule has 3 rings (SSSR count). The van der Waals surface area contributed by atoms with E-state index in [4.69, 9.17) is 0 Å². The molecule has 1 aromatic rings. The monoisotopic (exact) mass is 393 g/mol. The van der Waals surface area contributed by atoms with E-state index in [2.05, 4.69) is 10.2 Å². The Hall–Kier alpha value is -1.44. The van der Waals surface area contributed by atoms with Crippen LogP contribution < -0.4 is 5.32 Å². The molecular formula is C20H31N3O3S. The summed E-state index contributed by atoms with van der Waals surface area (Å²) in [4.78, 5) is 15.0. The summed E-state index contributed by atoms with van der Waals surface area (Å²) < 4.78 is 27.5. The second-order valence-corrected chi connectivity index (χ2v) is 9.78. The highest BCUT2D eigenvalue weighted by Crippen LogP contribution is 2.23. The van der Waals surface area contributed by atoms with Crippen molar-refractivity contribution in [1.29, 1.82) is 0 Å². The molecular weight excluding hydrogens is 362 g/mol. The molecule has 150 valence electrons. The van der Waals surface area contributed by atoms with Gasteiger partial charge in [0, 0.05) is 32.2 Å². The number of hydrogen-bond acceptors (Lipinski definition) is 4. The van der Waals surface area contributed by atoms with E-state index in [9.17, 15) is 13.2 Å². The van der Waals surface area contributed by atoms with Gasteiger partial charge in [-0.25, -0.2) is 8.42 Å². The highest BCUT2D eigenvalue weighted by Gasteiger charge is 2.33. The first-order valence-electron chi connectivity index (χ1n) is 9.91. The molecule has 1 saturated carbocycles. The fourth-order valence-corrected chi connectivity index (χ4v) is 5.74. The van der Waals surface area contributed by atoms with E-state index < -0.39 is 10.0 Å². The van der Waals surface area contributed by atoms with Crippen LogP contribution in [0.4, 0.5) is 0 Å². The zero-order valence-corrected chi connectivity index (χ0v) is 17.4. The van der Waals surface area contributed by atoms with E-state index in [0.717, 1.165) is 24.0 Å². The van der Waals surface area contributed by atoms with Crippen LogP contribution >= 0.6 is 0 Å². The van der Waals surface area contributed by atoms with Crippen LogP contribution in [0.15, 0.2) is 23.1 Å². The molecule has 27 heavy (non-hydrogen) atoms. The van der Waals surface area contributed by atoms with Crippen molar-refractivity contribution < 1.29 is 13.2 Å². The van der Waals surface area contributed by atoms with Gasteiger partial charge < -0.3 is 5.32 Å². The van der Waals surface area contributed by atoms with Gasteiger partial charge in [0.25, 0.3) is 0 Å². The van der Waals surface area contributed by atoms with Crippen LogP contribution in [0, 0.1) is 13.8 Å². The largest absolute Gasteiger partial charge is 0.352 e. The predicted molar refractivity (Wildman–Crippen MR) is 106 cm³/mol. The average molecular weight is 394 g/mol. The highest BCUT2D eigenvalue weighted by molar-refractivity contribution is 7.89. The number of nitrogens with one attached hydrogen (secondary N) is 1. The molecule has 1 N–H and O–H groups in total. The molecule has 0 bridgehead atoms. The van der Waals surface area contributed by atoms with Crippen molar-refractivity contribution in [1.82, 2.24) is 14.5 Å². The summed E-state index contributed by atoms with van der Waals surface area (Å²) in [6, 6.07) is 5.52. The maximum atomic E-state index is 13.0. The number of sulfonamides is 1. The van der Waals surface area contributed by atoms with Gasteiger partial charge in [-0.05, 0) is 45.2 Å². The molecule has 0 spiro atoms. The predicted octanol–water partition coefficient (Wildman–Crippen LogP) is 2.06. The number of carbonyl (C=O) groups is 1. The molecule has 2 fully saturated rings. The zero-order chi connectivity index (χ0) is 19.6. The Morgan fingerprint density at radius 1 is 1.11 bits per heavy atom. The molecule has 6 nitrogen and oxygen atoms in total. The molecule has 2 aliphatic rings. The Kier molecular flexibility index (Phi) is 6.23.